The highest BCUT2D eigenvalue weighted by atomic mass is 16.6. The molecular weight excluding hydrogens is 348 g/mol. The van der Waals surface area contributed by atoms with Crippen molar-refractivity contribution in [3.8, 4) is 5.69 Å². The molecule has 0 amide bonds. The van der Waals surface area contributed by atoms with E-state index in [0.29, 0.717) is 17.8 Å². The third-order valence-corrected chi connectivity index (χ3v) is 5.29. The van der Waals surface area contributed by atoms with E-state index in [1.54, 1.807) is 0 Å². The van der Waals surface area contributed by atoms with Crippen molar-refractivity contribution < 1.29 is 14.5 Å². The van der Waals surface area contributed by atoms with Gasteiger partial charge in [0, 0.05) is 6.07 Å². The molecular formula is C19H24N4O4. The lowest BCUT2D eigenvalue weighted by molar-refractivity contribution is -0.384. The van der Waals surface area contributed by atoms with Gasteiger partial charge in [0.1, 0.15) is 24.4 Å². The predicted octanol–water partition coefficient (Wildman–Crippen LogP) is 3.79. The number of esters is 1. The lowest BCUT2D eigenvalue weighted by Gasteiger charge is -2.36. The Labute approximate surface area is 157 Å². The summed E-state index contributed by atoms with van der Waals surface area (Å²) in [5.74, 6) is 0.712. The van der Waals surface area contributed by atoms with Crippen molar-refractivity contribution in [3.63, 3.8) is 0 Å². The van der Waals surface area contributed by atoms with Crippen LogP contribution < -0.4 is 0 Å². The van der Waals surface area contributed by atoms with Crippen molar-refractivity contribution in [1.82, 2.24) is 14.8 Å². The minimum absolute atomic E-state index is 0.157. The molecule has 1 aliphatic carbocycles. The zero-order valence-corrected chi connectivity index (χ0v) is 15.7. The van der Waals surface area contributed by atoms with E-state index in [0.717, 1.165) is 19.3 Å². The van der Waals surface area contributed by atoms with Crippen LogP contribution in [-0.2, 0) is 4.74 Å². The third-order valence-electron chi connectivity index (χ3n) is 5.29. The van der Waals surface area contributed by atoms with Crippen molar-refractivity contribution in [2.45, 2.75) is 46.1 Å². The summed E-state index contributed by atoms with van der Waals surface area (Å²) in [6, 6.07) is 4.27. The number of rotatable bonds is 5. The van der Waals surface area contributed by atoms with Crippen LogP contribution in [0.1, 0.15) is 50.4 Å². The maximum Gasteiger partial charge on any atom is 0.338 e. The molecule has 27 heavy (non-hydrogen) atoms. The number of hydrogen-bond acceptors (Lipinski definition) is 6. The largest absolute Gasteiger partial charge is 0.458 e. The van der Waals surface area contributed by atoms with Gasteiger partial charge in [0.25, 0.3) is 5.69 Å². The maximum absolute atomic E-state index is 12.7. The summed E-state index contributed by atoms with van der Waals surface area (Å²) in [6.45, 7) is 6.44. The first-order valence-electron chi connectivity index (χ1n) is 9.21. The first-order chi connectivity index (χ1) is 12.9. The summed E-state index contributed by atoms with van der Waals surface area (Å²) in [5.41, 5.74) is 0.207. The van der Waals surface area contributed by atoms with Crippen LogP contribution in [0.3, 0.4) is 0 Å². The Morgan fingerprint density at radius 2 is 2.15 bits per heavy atom. The topological polar surface area (TPSA) is 100 Å². The first kappa shape index (κ1) is 19.0. The number of nitro benzene ring substituents is 1. The second kappa shape index (κ2) is 7.85. The highest BCUT2D eigenvalue weighted by Gasteiger charge is 2.34. The smallest absolute Gasteiger partial charge is 0.338 e. The van der Waals surface area contributed by atoms with Crippen LogP contribution in [-0.4, -0.2) is 31.8 Å². The third kappa shape index (κ3) is 4.15. The Bertz CT molecular complexity index is 819. The number of carbonyl (C=O) groups excluding carboxylic acids is 1. The molecule has 1 aromatic carbocycles. The van der Waals surface area contributed by atoms with Crippen molar-refractivity contribution >= 4 is 11.7 Å². The van der Waals surface area contributed by atoms with Gasteiger partial charge in [-0.3, -0.25) is 10.1 Å². The molecule has 1 aromatic heterocycles. The minimum atomic E-state index is -0.534. The van der Waals surface area contributed by atoms with E-state index in [9.17, 15) is 14.9 Å². The molecule has 3 atom stereocenters. The molecule has 0 radical (unpaired) electrons. The number of hydrogen-bond donors (Lipinski definition) is 0. The summed E-state index contributed by atoms with van der Waals surface area (Å²) < 4.78 is 7.09. The molecule has 0 aliphatic heterocycles. The average molecular weight is 372 g/mol. The highest BCUT2D eigenvalue weighted by molar-refractivity contribution is 5.91. The zero-order valence-electron chi connectivity index (χ0n) is 15.7. The van der Waals surface area contributed by atoms with Crippen LogP contribution in [0.2, 0.25) is 0 Å². The summed E-state index contributed by atoms with van der Waals surface area (Å²) in [4.78, 5) is 27.4. The second-order valence-electron chi connectivity index (χ2n) is 7.57. The van der Waals surface area contributed by atoms with Gasteiger partial charge in [-0.1, -0.05) is 27.2 Å². The highest BCUT2D eigenvalue weighted by Crippen LogP contribution is 2.36. The molecule has 1 saturated carbocycles. The summed E-state index contributed by atoms with van der Waals surface area (Å²) in [5, 5.41) is 15.4. The summed E-state index contributed by atoms with van der Waals surface area (Å²) in [7, 11) is 0. The monoisotopic (exact) mass is 372 g/mol. The van der Waals surface area contributed by atoms with Crippen LogP contribution in [0.5, 0.6) is 0 Å². The Morgan fingerprint density at radius 3 is 2.78 bits per heavy atom. The van der Waals surface area contributed by atoms with Gasteiger partial charge in [-0.05, 0) is 42.7 Å². The van der Waals surface area contributed by atoms with Gasteiger partial charge in [-0.2, -0.15) is 5.10 Å². The van der Waals surface area contributed by atoms with E-state index < -0.39 is 10.9 Å². The van der Waals surface area contributed by atoms with Crippen molar-refractivity contribution in [1.29, 1.82) is 0 Å². The lowest BCUT2D eigenvalue weighted by atomic mass is 9.75. The Balaban J connectivity index is 1.84. The predicted molar refractivity (Wildman–Crippen MR) is 98.6 cm³/mol. The molecule has 144 valence electrons. The molecule has 8 nitrogen and oxygen atoms in total. The Morgan fingerprint density at radius 1 is 1.37 bits per heavy atom. The summed E-state index contributed by atoms with van der Waals surface area (Å²) >= 11 is 0. The molecule has 0 bridgehead atoms. The normalized spacial score (nSPS) is 22.6. The van der Waals surface area contributed by atoms with E-state index in [1.165, 1.54) is 35.5 Å². The Kier molecular flexibility index (Phi) is 5.53. The van der Waals surface area contributed by atoms with Crippen LogP contribution >= 0.6 is 0 Å². The van der Waals surface area contributed by atoms with E-state index in [-0.39, 0.29) is 23.0 Å². The van der Waals surface area contributed by atoms with Crippen LogP contribution in [0.4, 0.5) is 5.69 Å². The summed E-state index contributed by atoms with van der Waals surface area (Å²) in [6.07, 6.45) is 5.50. The second-order valence-corrected chi connectivity index (χ2v) is 7.57. The molecule has 3 rings (SSSR count). The van der Waals surface area contributed by atoms with E-state index in [4.69, 9.17) is 4.74 Å². The SMILES string of the molecule is CC1CCC(C(C)C)C(OC(=O)c2ccc(-n3cncn3)c([N+](=O)[O-])c2)C1. The average Bonchev–Trinajstić information content (AvgIpc) is 3.15. The quantitative estimate of drug-likeness (QED) is 0.450. The number of carbonyl (C=O) groups is 1. The van der Waals surface area contributed by atoms with Crippen LogP contribution in [0.15, 0.2) is 30.9 Å². The van der Waals surface area contributed by atoms with Gasteiger partial charge in [0.2, 0.25) is 0 Å². The van der Waals surface area contributed by atoms with E-state index in [1.807, 2.05) is 0 Å². The standard InChI is InChI=1S/C19H24N4O4/c1-12(2)15-6-4-13(3)8-18(15)27-19(24)14-5-7-16(17(9-14)23(25)26)22-11-20-10-21-22/h5,7,9-13,15,18H,4,6,8H2,1-3H3. The van der Waals surface area contributed by atoms with Crippen molar-refractivity contribution in [2.75, 3.05) is 0 Å². The molecule has 0 spiro atoms. The molecule has 0 saturated heterocycles. The van der Waals surface area contributed by atoms with Gasteiger partial charge in [0.15, 0.2) is 0 Å². The number of nitro groups is 1. The molecule has 8 heteroatoms. The van der Waals surface area contributed by atoms with E-state index >= 15 is 0 Å². The van der Waals surface area contributed by atoms with Gasteiger partial charge in [0.05, 0.1) is 10.5 Å². The molecule has 1 aliphatic rings. The fourth-order valence-electron chi connectivity index (χ4n) is 3.78. The van der Waals surface area contributed by atoms with Crippen LogP contribution in [0, 0.1) is 27.9 Å². The van der Waals surface area contributed by atoms with Gasteiger partial charge in [-0.15, -0.1) is 0 Å². The number of aromatic nitrogens is 3. The van der Waals surface area contributed by atoms with Gasteiger partial charge in [-0.25, -0.2) is 14.5 Å². The van der Waals surface area contributed by atoms with Gasteiger partial charge < -0.3 is 4.74 Å². The van der Waals surface area contributed by atoms with Crippen molar-refractivity contribution in [3.05, 3.63) is 46.5 Å². The number of ether oxygens (including phenoxy) is 1. The molecule has 3 unspecified atom stereocenters. The minimum Gasteiger partial charge on any atom is -0.458 e. The van der Waals surface area contributed by atoms with Crippen LogP contribution in [0.25, 0.3) is 5.69 Å². The van der Waals surface area contributed by atoms with E-state index in [2.05, 4.69) is 30.9 Å². The van der Waals surface area contributed by atoms with Gasteiger partial charge >= 0.3 is 5.97 Å². The number of benzene rings is 1. The molecule has 2 aromatic rings. The Hall–Kier alpha value is -2.77. The molecule has 0 N–H and O–H groups in total. The molecule has 1 fully saturated rings. The zero-order chi connectivity index (χ0) is 19.6. The fraction of sp³-hybridized carbons (Fsp3) is 0.526. The molecule has 1 heterocycles. The van der Waals surface area contributed by atoms with Crippen molar-refractivity contribution in [2.24, 2.45) is 17.8 Å². The fourth-order valence-corrected chi connectivity index (χ4v) is 3.78. The lowest BCUT2D eigenvalue weighted by Crippen LogP contribution is -2.35. The maximum atomic E-state index is 12.7. The first-order valence-corrected chi connectivity index (χ1v) is 9.21. The number of nitrogens with zero attached hydrogens (tertiary/aromatic N) is 4.